The minimum atomic E-state index is -0.0562. The topological polar surface area (TPSA) is 42.0 Å². The van der Waals surface area contributed by atoms with Crippen molar-refractivity contribution in [2.45, 2.75) is 27.7 Å². The van der Waals surface area contributed by atoms with Gasteiger partial charge in [-0.15, -0.1) is 0 Å². The van der Waals surface area contributed by atoms with Crippen LogP contribution in [0.25, 0.3) is 0 Å². The summed E-state index contributed by atoms with van der Waals surface area (Å²) in [6.45, 7) is 7.39. The maximum atomic E-state index is 10.6. The number of anilines is 1. The lowest BCUT2D eigenvalue weighted by molar-refractivity contribution is -0.114. The van der Waals surface area contributed by atoms with E-state index in [1.54, 1.807) is 18.5 Å². The normalized spacial score (nSPS) is 8.31. The van der Waals surface area contributed by atoms with Gasteiger partial charge in [0.2, 0.25) is 5.91 Å². The van der Waals surface area contributed by atoms with Gasteiger partial charge in [-0.05, 0) is 18.6 Å². The quantitative estimate of drug-likeness (QED) is 0.725. The zero-order valence-electron chi connectivity index (χ0n) is 8.59. The summed E-state index contributed by atoms with van der Waals surface area (Å²) in [5.74, 6) is -0.0562. The van der Waals surface area contributed by atoms with Crippen LogP contribution in [0.5, 0.6) is 0 Å². The Bertz CT molecular complexity index is 277. The smallest absolute Gasteiger partial charge is 0.221 e. The van der Waals surface area contributed by atoms with Gasteiger partial charge in [-0.2, -0.15) is 0 Å². The summed E-state index contributed by atoms with van der Waals surface area (Å²) in [6, 6.07) is 1.77. The van der Waals surface area contributed by atoms with E-state index in [0.29, 0.717) is 0 Å². The zero-order valence-corrected chi connectivity index (χ0v) is 8.59. The van der Waals surface area contributed by atoms with Crippen LogP contribution >= 0.6 is 0 Å². The third kappa shape index (κ3) is 4.25. The van der Waals surface area contributed by atoms with E-state index in [2.05, 4.69) is 10.3 Å². The molecule has 0 aromatic carbocycles. The number of nitrogens with zero attached hydrogens (tertiary/aromatic N) is 1. The molecule has 0 unspecified atom stereocenters. The third-order valence-corrected chi connectivity index (χ3v) is 1.33. The largest absolute Gasteiger partial charge is 0.326 e. The lowest BCUT2D eigenvalue weighted by Gasteiger charge is -2.03. The number of amides is 1. The summed E-state index contributed by atoms with van der Waals surface area (Å²) in [5, 5.41) is 2.69. The van der Waals surface area contributed by atoms with Crippen LogP contribution in [0.1, 0.15) is 27.8 Å². The summed E-state index contributed by atoms with van der Waals surface area (Å²) < 4.78 is 0. The first-order chi connectivity index (χ1) is 6.20. The molecular formula is C10H18N2O. The van der Waals surface area contributed by atoms with Crippen molar-refractivity contribution >= 4 is 11.6 Å². The molecule has 1 heterocycles. The van der Waals surface area contributed by atoms with Gasteiger partial charge in [0.05, 0.1) is 0 Å². The summed E-state index contributed by atoms with van der Waals surface area (Å²) in [4.78, 5) is 14.5. The molecule has 0 bridgehead atoms. The molecule has 0 spiro atoms. The standard InChI is InChI=1S/C8H10N2O.C2H6.H2/c1-6-5-9-4-3-8(6)10-7(2)11;1-2;/h3-5H,1-2H3,(H,9,10,11);1-2H3;1H. The number of carbonyl (C=O) groups is 1. The number of nitrogens with one attached hydrogen (secondary N) is 1. The van der Waals surface area contributed by atoms with Crippen molar-refractivity contribution in [1.82, 2.24) is 4.98 Å². The van der Waals surface area contributed by atoms with E-state index < -0.39 is 0 Å². The van der Waals surface area contributed by atoms with E-state index in [-0.39, 0.29) is 7.33 Å². The van der Waals surface area contributed by atoms with Crippen LogP contribution in [-0.4, -0.2) is 10.9 Å². The Morgan fingerprint density at radius 2 is 2.15 bits per heavy atom. The number of hydrogen-bond donors (Lipinski definition) is 1. The highest BCUT2D eigenvalue weighted by molar-refractivity contribution is 5.89. The molecule has 1 amide bonds. The number of carbonyl (C=O) groups excluding carboxylic acids is 1. The van der Waals surface area contributed by atoms with E-state index >= 15 is 0 Å². The lowest BCUT2D eigenvalue weighted by Crippen LogP contribution is -2.06. The highest BCUT2D eigenvalue weighted by atomic mass is 16.1. The van der Waals surface area contributed by atoms with Crippen molar-refractivity contribution in [3.63, 3.8) is 0 Å². The van der Waals surface area contributed by atoms with Crippen LogP contribution in [0.4, 0.5) is 5.69 Å². The molecule has 3 heteroatoms. The van der Waals surface area contributed by atoms with Gasteiger partial charge in [-0.1, -0.05) is 13.8 Å². The number of rotatable bonds is 1. The predicted octanol–water partition coefficient (Wildman–Crippen LogP) is 2.62. The van der Waals surface area contributed by atoms with Gasteiger partial charge in [0.1, 0.15) is 0 Å². The van der Waals surface area contributed by atoms with Crippen LogP contribution in [0.2, 0.25) is 0 Å². The Morgan fingerprint density at radius 1 is 1.54 bits per heavy atom. The van der Waals surface area contributed by atoms with Gasteiger partial charge < -0.3 is 5.32 Å². The van der Waals surface area contributed by atoms with Crippen molar-refractivity contribution in [3.8, 4) is 0 Å². The highest BCUT2D eigenvalue weighted by Crippen LogP contribution is 2.10. The van der Waals surface area contributed by atoms with E-state index in [0.717, 1.165) is 11.3 Å². The molecule has 0 aliphatic heterocycles. The minimum absolute atomic E-state index is 0. The Hall–Kier alpha value is -1.38. The van der Waals surface area contributed by atoms with Crippen LogP contribution < -0.4 is 5.32 Å². The average Bonchev–Trinajstić information content (AvgIpc) is 2.12. The Kier molecular flexibility index (Phi) is 5.52. The van der Waals surface area contributed by atoms with Crippen molar-refractivity contribution in [2.75, 3.05) is 5.32 Å². The van der Waals surface area contributed by atoms with Gasteiger partial charge in [-0.3, -0.25) is 9.78 Å². The maximum absolute atomic E-state index is 10.6. The van der Waals surface area contributed by atoms with Crippen LogP contribution in [-0.2, 0) is 4.79 Å². The fourth-order valence-electron chi connectivity index (χ4n) is 0.803. The second-order valence-corrected chi connectivity index (χ2v) is 2.37. The lowest BCUT2D eigenvalue weighted by atomic mass is 10.2. The van der Waals surface area contributed by atoms with Crippen LogP contribution in [0, 0.1) is 6.92 Å². The van der Waals surface area contributed by atoms with Crippen molar-refractivity contribution in [1.29, 1.82) is 0 Å². The number of hydrogen-bond acceptors (Lipinski definition) is 2. The predicted molar refractivity (Wildman–Crippen MR) is 56.7 cm³/mol. The van der Waals surface area contributed by atoms with Gasteiger partial charge in [0.15, 0.2) is 0 Å². The summed E-state index contributed by atoms with van der Waals surface area (Å²) >= 11 is 0. The molecule has 1 rings (SSSR count). The molecule has 0 saturated carbocycles. The van der Waals surface area contributed by atoms with Crippen molar-refractivity contribution in [3.05, 3.63) is 24.0 Å². The molecule has 0 fully saturated rings. The molecule has 0 saturated heterocycles. The molecule has 0 atom stereocenters. The Balaban J connectivity index is 0. The van der Waals surface area contributed by atoms with Crippen LogP contribution in [0.15, 0.2) is 18.5 Å². The second kappa shape index (κ2) is 6.17. The van der Waals surface area contributed by atoms with Crippen LogP contribution in [0.3, 0.4) is 0 Å². The molecule has 13 heavy (non-hydrogen) atoms. The van der Waals surface area contributed by atoms with Crippen molar-refractivity contribution < 1.29 is 6.22 Å². The fraction of sp³-hybridized carbons (Fsp3) is 0.400. The zero-order chi connectivity index (χ0) is 10.3. The monoisotopic (exact) mass is 182 g/mol. The first-order valence-electron chi connectivity index (χ1n) is 4.38. The Morgan fingerprint density at radius 3 is 2.62 bits per heavy atom. The minimum Gasteiger partial charge on any atom is -0.326 e. The maximum Gasteiger partial charge on any atom is 0.221 e. The molecule has 0 aliphatic carbocycles. The van der Waals surface area contributed by atoms with Gasteiger partial charge in [0.25, 0.3) is 0 Å². The average molecular weight is 182 g/mol. The third-order valence-electron chi connectivity index (χ3n) is 1.33. The number of pyridine rings is 1. The molecule has 1 N–H and O–H groups in total. The van der Waals surface area contributed by atoms with E-state index in [9.17, 15) is 4.79 Å². The number of aromatic nitrogens is 1. The van der Waals surface area contributed by atoms with Gasteiger partial charge in [0, 0.05) is 26.4 Å². The molecule has 0 aliphatic rings. The summed E-state index contributed by atoms with van der Waals surface area (Å²) in [7, 11) is 0. The van der Waals surface area contributed by atoms with E-state index in [1.807, 2.05) is 20.8 Å². The summed E-state index contributed by atoms with van der Waals surface area (Å²) in [6.07, 6.45) is 3.36. The number of aryl methyl sites for hydroxylation is 1. The molecule has 0 radical (unpaired) electrons. The molecule has 3 nitrogen and oxygen atoms in total. The molecule has 74 valence electrons. The Labute approximate surface area is 80.7 Å². The second-order valence-electron chi connectivity index (χ2n) is 2.37. The molecule has 1 aromatic heterocycles. The van der Waals surface area contributed by atoms with Crippen molar-refractivity contribution in [2.24, 2.45) is 0 Å². The first kappa shape index (κ1) is 11.6. The SMILES string of the molecule is CC.CC(=O)Nc1ccncc1C.[HH]. The van der Waals surface area contributed by atoms with Gasteiger partial charge in [-0.25, -0.2) is 0 Å². The molecule has 1 aromatic rings. The summed E-state index contributed by atoms with van der Waals surface area (Å²) in [5.41, 5.74) is 1.80. The van der Waals surface area contributed by atoms with Gasteiger partial charge >= 0.3 is 0 Å². The highest BCUT2D eigenvalue weighted by Gasteiger charge is 1.97. The van der Waals surface area contributed by atoms with E-state index in [1.165, 1.54) is 6.92 Å². The van der Waals surface area contributed by atoms with E-state index in [4.69, 9.17) is 0 Å². The first-order valence-corrected chi connectivity index (χ1v) is 4.38. The fourth-order valence-corrected chi connectivity index (χ4v) is 0.803. The molecular weight excluding hydrogens is 164 g/mol.